The average molecular weight is 491 g/mol. The quantitative estimate of drug-likeness (QED) is 0.456. The number of aromatic carboxylic acids is 1. The number of rotatable bonds is 9. The van der Waals surface area contributed by atoms with Crippen molar-refractivity contribution in [2.45, 2.75) is 32.1 Å². The highest BCUT2D eigenvalue weighted by Crippen LogP contribution is 2.26. The molecular formula is C27H30N2O5Si. The van der Waals surface area contributed by atoms with Gasteiger partial charge < -0.3 is 14.7 Å². The zero-order valence-corrected chi connectivity index (χ0v) is 21.6. The summed E-state index contributed by atoms with van der Waals surface area (Å²) in [5, 5.41) is 10.4. The Kier molecular flexibility index (Phi) is 7.86. The number of hydrogen-bond donors (Lipinski definition) is 1. The van der Waals surface area contributed by atoms with E-state index in [0.29, 0.717) is 11.3 Å². The van der Waals surface area contributed by atoms with Crippen LogP contribution in [0.3, 0.4) is 0 Å². The summed E-state index contributed by atoms with van der Waals surface area (Å²) >= 11 is 0. The summed E-state index contributed by atoms with van der Waals surface area (Å²) in [4.78, 5) is 43.2. The van der Waals surface area contributed by atoms with E-state index in [-0.39, 0.29) is 23.5 Å². The molecule has 0 saturated heterocycles. The molecule has 1 aromatic heterocycles. The van der Waals surface area contributed by atoms with Gasteiger partial charge >= 0.3 is 5.97 Å². The number of ketones is 1. The number of Topliss-reactive ketones (excluding diaryl/α,β-unsaturated/α-hetero) is 1. The summed E-state index contributed by atoms with van der Waals surface area (Å²) in [6.45, 7) is 6.80. The van der Waals surface area contributed by atoms with Crippen LogP contribution >= 0.6 is 0 Å². The molecule has 0 bridgehead atoms. The predicted octanol–water partition coefficient (Wildman–Crippen LogP) is 3.96. The largest absolute Gasteiger partial charge is 0.497 e. The summed E-state index contributed by atoms with van der Waals surface area (Å²) in [5.41, 5.74) is 1.56. The van der Waals surface area contributed by atoms with Crippen LogP contribution in [0.25, 0.3) is 0 Å². The lowest BCUT2D eigenvalue weighted by molar-refractivity contribution is -0.122. The molecule has 182 valence electrons. The van der Waals surface area contributed by atoms with Crippen molar-refractivity contribution in [1.82, 2.24) is 9.88 Å². The molecule has 1 N–H and O–H groups in total. The third-order valence-corrected chi connectivity index (χ3v) is 7.94. The predicted molar refractivity (Wildman–Crippen MR) is 137 cm³/mol. The van der Waals surface area contributed by atoms with Crippen molar-refractivity contribution in [3.05, 3.63) is 89.2 Å². The molecule has 0 fully saturated rings. The van der Waals surface area contributed by atoms with E-state index in [0.717, 1.165) is 11.8 Å². The Balaban J connectivity index is 1.91. The van der Waals surface area contributed by atoms with Gasteiger partial charge in [0.2, 0.25) is 0 Å². The topological polar surface area (TPSA) is 96.8 Å². The van der Waals surface area contributed by atoms with Gasteiger partial charge in [0.1, 0.15) is 17.5 Å². The first kappa shape index (κ1) is 25.8. The summed E-state index contributed by atoms with van der Waals surface area (Å²) < 4.78 is 5.23. The molecule has 1 unspecified atom stereocenters. The van der Waals surface area contributed by atoms with E-state index in [1.807, 2.05) is 12.1 Å². The number of carbonyl (C=O) groups is 3. The molecule has 0 spiro atoms. The minimum absolute atomic E-state index is 0.0197. The molecule has 2 aromatic carbocycles. The Labute approximate surface area is 206 Å². The average Bonchev–Trinajstić information content (AvgIpc) is 2.84. The van der Waals surface area contributed by atoms with Gasteiger partial charge in [0.25, 0.3) is 5.91 Å². The second-order valence-electron chi connectivity index (χ2n) is 9.42. The fraction of sp³-hybridized carbons (Fsp3) is 0.259. The van der Waals surface area contributed by atoms with Crippen molar-refractivity contribution in [3.8, 4) is 5.75 Å². The highest BCUT2D eigenvalue weighted by Gasteiger charge is 2.30. The van der Waals surface area contributed by atoms with E-state index >= 15 is 0 Å². The van der Waals surface area contributed by atoms with Crippen molar-refractivity contribution in [3.63, 3.8) is 0 Å². The van der Waals surface area contributed by atoms with Crippen LogP contribution in [0.4, 0.5) is 0 Å². The fourth-order valence-corrected chi connectivity index (χ4v) is 4.94. The van der Waals surface area contributed by atoms with E-state index in [1.165, 1.54) is 22.2 Å². The number of likely N-dealkylation sites (N-methyl/N-ethyl adjacent to an activating group) is 1. The molecule has 1 amide bonds. The van der Waals surface area contributed by atoms with Crippen LogP contribution < -0.4 is 9.92 Å². The van der Waals surface area contributed by atoms with E-state index in [2.05, 4.69) is 36.8 Å². The first-order valence-corrected chi connectivity index (χ1v) is 14.7. The van der Waals surface area contributed by atoms with Gasteiger partial charge in [-0.3, -0.25) is 14.6 Å². The van der Waals surface area contributed by atoms with Gasteiger partial charge in [-0.05, 0) is 35.4 Å². The van der Waals surface area contributed by atoms with E-state index in [1.54, 1.807) is 38.4 Å². The second kappa shape index (κ2) is 10.6. The van der Waals surface area contributed by atoms with Crippen molar-refractivity contribution < 1.29 is 24.2 Å². The molecule has 1 atom stereocenters. The fourth-order valence-electron chi connectivity index (χ4n) is 3.78. The molecule has 0 radical (unpaired) electrons. The lowest BCUT2D eigenvalue weighted by Crippen LogP contribution is -2.38. The van der Waals surface area contributed by atoms with Crippen molar-refractivity contribution in [1.29, 1.82) is 0 Å². The molecule has 3 aromatic rings. The third kappa shape index (κ3) is 6.22. The minimum atomic E-state index is -1.45. The zero-order valence-electron chi connectivity index (χ0n) is 20.6. The summed E-state index contributed by atoms with van der Waals surface area (Å²) in [6, 6.07) is 17.0. The number of hydrogen-bond acceptors (Lipinski definition) is 5. The molecule has 0 aliphatic heterocycles. The monoisotopic (exact) mass is 490 g/mol. The van der Waals surface area contributed by atoms with Gasteiger partial charge in [0.15, 0.2) is 5.78 Å². The Hall–Kier alpha value is -3.78. The molecule has 0 saturated carbocycles. The maximum Gasteiger partial charge on any atom is 0.337 e. The van der Waals surface area contributed by atoms with E-state index in [4.69, 9.17) is 9.84 Å². The molecule has 1 heterocycles. The second-order valence-corrected chi connectivity index (χ2v) is 14.5. The van der Waals surface area contributed by atoms with Crippen molar-refractivity contribution in [2.75, 3.05) is 14.2 Å². The summed E-state index contributed by atoms with van der Waals surface area (Å²) in [5.74, 6) is -1.11. The number of carboxylic acid groups (broad SMARTS) is 1. The van der Waals surface area contributed by atoms with Crippen LogP contribution in [-0.2, 0) is 11.2 Å². The Morgan fingerprint density at radius 1 is 0.971 bits per heavy atom. The number of carboxylic acids is 1. The van der Waals surface area contributed by atoms with Gasteiger partial charge in [-0.15, -0.1) is 0 Å². The van der Waals surface area contributed by atoms with E-state index < -0.39 is 26.0 Å². The minimum Gasteiger partial charge on any atom is -0.497 e. The molecule has 0 aliphatic rings. The molecule has 0 aliphatic carbocycles. The van der Waals surface area contributed by atoms with E-state index in [9.17, 15) is 14.4 Å². The molecule has 8 heteroatoms. The van der Waals surface area contributed by atoms with Crippen molar-refractivity contribution in [2.24, 2.45) is 0 Å². The number of carbonyl (C=O) groups excluding carboxylic acids is 2. The normalized spacial score (nSPS) is 12.0. The Morgan fingerprint density at radius 2 is 1.60 bits per heavy atom. The molecular weight excluding hydrogens is 460 g/mol. The van der Waals surface area contributed by atoms with Gasteiger partial charge in [0, 0.05) is 19.7 Å². The SMILES string of the molecule is COc1ccc(C(C(=O)Cc2ccc([Si](C)(C)C)cc2)N(C)C(=O)c2ccc(C(=O)O)cn2)cc1. The highest BCUT2D eigenvalue weighted by atomic mass is 28.3. The first-order chi connectivity index (χ1) is 16.5. The zero-order chi connectivity index (χ0) is 25.8. The van der Waals surface area contributed by atoms with Gasteiger partial charge in [-0.2, -0.15) is 0 Å². The van der Waals surface area contributed by atoms with Gasteiger partial charge in [0.05, 0.1) is 20.7 Å². The number of methoxy groups -OCH3 is 1. The Bertz CT molecular complexity index is 1200. The number of nitrogens with zero attached hydrogens (tertiary/aromatic N) is 2. The molecule has 7 nitrogen and oxygen atoms in total. The lowest BCUT2D eigenvalue weighted by Gasteiger charge is -2.28. The number of amides is 1. The highest BCUT2D eigenvalue weighted by molar-refractivity contribution is 6.88. The Morgan fingerprint density at radius 3 is 2.09 bits per heavy atom. The standard InChI is InChI=1S/C27H30N2O5Si/c1-29(26(31)23-15-10-20(17-28-23)27(32)33)25(19-8-11-21(34-2)12-9-19)24(30)16-18-6-13-22(14-7-18)35(3,4)5/h6-15,17,25H,16H2,1-5H3,(H,32,33). The summed E-state index contributed by atoms with van der Waals surface area (Å²) in [7, 11) is 1.66. The van der Waals surface area contributed by atoms with Gasteiger partial charge in [-0.1, -0.05) is 61.2 Å². The molecule has 35 heavy (non-hydrogen) atoms. The van der Waals surface area contributed by atoms with Crippen molar-refractivity contribution >= 4 is 30.9 Å². The van der Waals surface area contributed by atoms with Crippen LogP contribution in [-0.4, -0.2) is 54.9 Å². The third-order valence-electron chi connectivity index (χ3n) is 5.87. The maximum absolute atomic E-state index is 13.6. The van der Waals surface area contributed by atoms with Crippen LogP contribution in [0.1, 0.15) is 38.0 Å². The van der Waals surface area contributed by atoms with Crippen LogP contribution in [0, 0.1) is 0 Å². The number of aromatic nitrogens is 1. The number of benzene rings is 2. The van der Waals surface area contributed by atoms with Crippen LogP contribution in [0.5, 0.6) is 5.75 Å². The maximum atomic E-state index is 13.6. The van der Waals surface area contributed by atoms with Crippen LogP contribution in [0.2, 0.25) is 19.6 Å². The van der Waals surface area contributed by atoms with Crippen LogP contribution in [0.15, 0.2) is 66.9 Å². The lowest BCUT2D eigenvalue weighted by atomic mass is 9.96. The smallest absolute Gasteiger partial charge is 0.337 e. The molecule has 3 rings (SSSR count). The number of ether oxygens (including phenoxy) is 1. The number of pyridine rings is 1. The first-order valence-electron chi connectivity index (χ1n) is 11.2. The van der Waals surface area contributed by atoms with Gasteiger partial charge in [-0.25, -0.2) is 4.79 Å². The summed E-state index contributed by atoms with van der Waals surface area (Å²) in [6.07, 6.45) is 1.29.